The molecular formula is C26H33N5O2. The molecule has 2 N–H and O–H groups in total. The molecule has 7 heteroatoms. The van der Waals surface area contributed by atoms with E-state index in [1.165, 1.54) is 11.1 Å². The van der Waals surface area contributed by atoms with Crippen LogP contribution in [0.1, 0.15) is 37.4 Å². The molecule has 0 aliphatic carbocycles. The summed E-state index contributed by atoms with van der Waals surface area (Å²) in [7, 11) is 0. The number of nitrogens with zero attached hydrogens (tertiary/aromatic N) is 3. The highest BCUT2D eigenvalue weighted by Gasteiger charge is 2.30. The number of piperazine rings is 1. The summed E-state index contributed by atoms with van der Waals surface area (Å²) in [6.07, 6.45) is 0.521. The first-order valence-corrected chi connectivity index (χ1v) is 11.5. The van der Waals surface area contributed by atoms with Crippen LogP contribution in [0.2, 0.25) is 0 Å². The number of amides is 3. The Hall–Kier alpha value is -3.37. The van der Waals surface area contributed by atoms with Crippen LogP contribution in [-0.2, 0) is 4.79 Å². The lowest BCUT2D eigenvalue weighted by atomic mass is 9.96. The fourth-order valence-corrected chi connectivity index (χ4v) is 4.26. The van der Waals surface area contributed by atoms with Crippen LogP contribution in [0.5, 0.6) is 0 Å². The summed E-state index contributed by atoms with van der Waals surface area (Å²) < 4.78 is 0. The molecule has 2 aromatic rings. The fourth-order valence-electron chi connectivity index (χ4n) is 4.26. The minimum absolute atomic E-state index is 0.0671. The Bertz CT molecular complexity index is 895. The predicted octanol–water partition coefficient (Wildman–Crippen LogP) is 3.16. The van der Waals surface area contributed by atoms with Gasteiger partial charge in [-0.25, -0.2) is 4.79 Å². The van der Waals surface area contributed by atoms with Crippen molar-refractivity contribution < 1.29 is 9.59 Å². The topological polar surface area (TPSA) is 88.5 Å². The van der Waals surface area contributed by atoms with Gasteiger partial charge >= 0.3 is 6.03 Å². The van der Waals surface area contributed by atoms with E-state index < -0.39 is 6.04 Å². The predicted molar refractivity (Wildman–Crippen MR) is 128 cm³/mol. The van der Waals surface area contributed by atoms with Crippen molar-refractivity contribution in [1.82, 2.24) is 20.4 Å². The molecule has 0 radical (unpaired) electrons. The third-order valence-electron chi connectivity index (χ3n) is 5.86. The van der Waals surface area contributed by atoms with E-state index in [0.29, 0.717) is 19.5 Å². The molecule has 33 heavy (non-hydrogen) atoms. The van der Waals surface area contributed by atoms with Gasteiger partial charge in [-0.1, -0.05) is 74.5 Å². The smallest absolute Gasteiger partial charge is 0.318 e. The molecule has 1 aliphatic heterocycles. The van der Waals surface area contributed by atoms with Crippen LogP contribution in [0.25, 0.3) is 0 Å². The molecule has 1 aliphatic rings. The second-order valence-corrected chi connectivity index (χ2v) is 8.75. The molecule has 0 bridgehead atoms. The molecule has 1 saturated heterocycles. The minimum Gasteiger partial charge on any atom is -0.341 e. The molecule has 174 valence electrons. The largest absolute Gasteiger partial charge is 0.341 e. The minimum atomic E-state index is -0.648. The number of hydrogen-bond acceptors (Lipinski definition) is 4. The van der Waals surface area contributed by atoms with E-state index in [-0.39, 0.29) is 30.4 Å². The van der Waals surface area contributed by atoms with Crippen LogP contribution in [0.15, 0.2) is 60.7 Å². The molecule has 1 atom stereocenters. The standard InChI is InChI=1S/C26H33N5O2/c1-20(2)19-23(25(32)28-14-13-27)29-26(33)31-17-15-30(16-18-31)24(21-9-5-3-6-10-21)22-11-7-4-8-12-22/h3-12,20,23-24H,14-19H2,1-2H3,(H,28,32)(H,29,33)/t23-/m0/s1. The van der Waals surface area contributed by atoms with E-state index in [2.05, 4.69) is 64.1 Å². The SMILES string of the molecule is CC(C)C[C@H](NC(=O)N1CCN(C(c2ccccc2)c2ccccc2)CC1)C(=O)NCC#N. The van der Waals surface area contributed by atoms with Crippen molar-refractivity contribution in [2.75, 3.05) is 32.7 Å². The highest BCUT2D eigenvalue weighted by atomic mass is 16.2. The van der Waals surface area contributed by atoms with Crippen molar-refractivity contribution in [2.45, 2.75) is 32.4 Å². The van der Waals surface area contributed by atoms with Gasteiger partial charge in [-0.15, -0.1) is 0 Å². The molecule has 0 spiro atoms. The maximum Gasteiger partial charge on any atom is 0.318 e. The number of carbonyl (C=O) groups is 2. The molecule has 0 aromatic heterocycles. The Morgan fingerprint density at radius 1 is 0.939 bits per heavy atom. The third-order valence-corrected chi connectivity index (χ3v) is 5.86. The number of carbonyl (C=O) groups excluding carboxylic acids is 2. The third kappa shape index (κ3) is 6.80. The summed E-state index contributed by atoms with van der Waals surface area (Å²) in [5.74, 6) is -0.0806. The molecule has 0 unspecified atom stereocenters. The summed E-state index contributed by atoms with van der Waals surface area (Å²) in [6.45, 7) is 6.56. The van der Waals surface area contributed by atoms with Gasteiger partial charge in [-0.05, 0) is 23.5 Å². The van der Waals surface area contributed by atoms with Gasteiger partial charge in [0.2, 0.25) is 5.91 Å². The summed E-state index contributed by atoms with van der Waals surface area (Å²) in [5, 5.41) is 14.2. The normalized spacial score (nSPS) is 15.2. The number of rotatable bonds is 8. The number of benzene rings is 2. The van der Waals surface area contributed by atoms with E-state index in [4.69, 9.17) is 5.26 Å². The van der Waals surface area contributed by atoms with Gasteiger partial charge in [0.05, 0.1) is 12.1 Å². The number of nitriles is 1. The van der Waals surface area contributed by atoms with Gasteiger partial charge in [0.1, 0.15) is 12.6 Å². The zero-order chi connectivity index (χ0) is 23.6. The van der Waals surface area contributed by atoms with Gasteiger partial charge in [0.15, 0.2) is 0 Å². The van der Waals surface area contributed by atoms with Crippen molar-refractivity contribution in [3.05, 3.63) is 71.8 Å². The quantitative estimate of drug-likeness (QED) is 0.609. The zero-order valence-corrected chi connectivity index (χ0v) is 19.4. The van der Waals surface area contributed by atoms with Crippen LogP contribution in [0.4, 0.5) is 4.79 Å². The maximum absolute atomic E-state index is 12.9. The highest BCUT2D eigenvalue weighted by Crippen LogP contribution is 2.29. The molecule has 0 saturated carbocycles. The number of hydrogen-bond donors (Lipinski definition) is 2. The van der Waals surface area contributed by atoms with E-state index in [1.807, 2.05) is 32.0 Å². The first-order valence-electron chi connectivity index (χ1n) is 11.5. The summed E-state index contributed by atoms with van der Waals surface area (Å²) in [5.41, 5.74) is 2.46. The first kappa shape index (κ1) is 24.3. The Morgan fingerprint density at radius 3 is 1.97 bits per heavy atom. The van der Waals surface area contributed by atoms with Gasteiger partial charge in [0.25, 0.3) is 0 Å². The lowest BCUT2D eigenvalue weighted by Gasteiger charge is -2.40. The number of nitrogens with one attached hydrogen (secondary N) is 2. The summed E-state index contributed by atoms with van der Waals surface area (Å²) in [4.78, 5) is 29.5. The van der Waals surface area contributed by atoms with Crippen molar-refractivity contribution >= 4 is 11.9 Å². The Morgan fingerprint density at radius 2 is 1.48 bits per heavy atom. The summed E-state index contributed by atoms with van der Waals surface area (Å²) >= 11 is 0. The highest BCUT2D eigenvalue weighted by molar-refractivity contribution is 5.87. The van der Waals surface area contributed by atoms with Crippen LogP contribution in [-0.4, -0.2) is 60.5 Å². The second kappa shape index (κ2) is 12.0. The van der Waals surface area contributed by atoms with Gasteiger partial charge in [-0.3, -0.25) is 9.69 Å². The van der Waals surface area contributed by atoms with Gasteiger partial charge in [0, 0.05) is 26.2 Å². The van der Waals surface area contributed by atoms with Crippen molar-refractivity contribution in [3.8, 4) is 6.07 Å². The van der Waals surface area contributed by atoms with Crippen LogP contribution < -0.4 is 10.6 Å². The molecule has 1 heterocycles. The first-order chi connectivity index (χ1) is 16.0. The Labute approximate surface area is 196 Å². The van der Waals surface area contributed by atoms with E-state index in [0.717, 1.165) is 13.1 Å². The molecule has 3 rings (SSSR count). The lowest BCUT2D eigenvalue weighted by Crippen LogP contribution is -2.56. The van der Waals surface area contributed by atoms with Gasteiger partial charge in [-0.2, -0.15) is 5.26 Å². The zero-order valence-electron chi connectivity index (χ0n) is 19.4. The second-order valence-electron chi connectivity index (χ2n) is 8.75. The number of urea groups is 1. The van der Waals surface area contributed by atoms with E-state index in [1.54, 1.807) is 4.90 Å². The Kier molecular flexibility index (Phi) is 8.85. The molecule has 2 aromatic carbocycles. The van der Waals surface area contributed by atoms with Gasteiger partial charge < -0.3 is 15.5 Å². The molecule has 7 nitrogen and oxygen atoms in total. The fraction of sp³-hybridized carbons (Fsp3) is 0.423. The monoisotopic (exact) mass is 447 g/mol. The molecule has 1 fully saturated rings. The average molecular weight is 448 g/mol. The molecule has 3 amide bonds. The van der Waals surface area contributed by atoms with Crippen molar-refractivity contribution in [1.29, 1.82) is 5.26 Å². The maximum atomic E-state index is 12.9. The van der Waals surface area contributed by atoms with E-state index >= 15 is 0 Å². The van der Waals surface area contributed by atoms with Crippen LogP contribution >= 0.6 is 0 Å². The Balaban J connectivity index is 1.65. The van der Waals surface area contributed by atoms with Crippen molar-refractivity contribution in [2.24, 2.45) is 5.92 Å². The van der Waals surface area contributed by atoms with Crippen LogP contribution in [0.3, 0.4) is 0 Å². The lowest BCUT2D eigenvalue weighted by molar-refractivity contribution is -0.123. The summed E-state index contributed by atoms with van der Waals surface area (Å²) in [6, 6.07) is 22.0. The van der Waals surface area contributed by atoms with Crippen molar-refractivity contribution in [3.63, 3.8) is 0 Å². The van der Waals surface area contributed by atoms with E-state index in [9.17, 15) is 9.59 Å². The average Bonchev–Trinajstić information content (AvgIpc) is 2.84. The van der Waals surface area contributed by atoms with Crippen LogP contribution in [0, 0.1) is 17.2 Å². The molecular weight excluding hydrogens is 414 g/mol.